The summed E-state index contributed by atoms with van der Waals surface area (Å²) in [6.07, 6.45) is 2.97. The average molecular weight is 368 g/mol. The van der Waals surface area contributed by atoms with Crippen molar-refractivity contribution in [1.29, 1.82) is 0 Å². The number of anilines is 1. The van der Waals surface area contributed by atoms with Gasteiger partial charge in [0.1, 0.15) is 5.82 Å². The molecule has 1 fully saturated rings. The second-order valence-electron chi connectivity index (χ2n) is 7.17. The fraction of sp³-hybridized carbons (Fsp3) is 0.364. The Hall–Kier alpha value is -2.69. The molecule has 1 N–H and O–H groups in total. The molecule has 1 aliphatic heterocycles. The quantitative estimate of drug-likeness (QED) is 0.850. The van der Waals surface area contributed by atoms with Crippen LogP contribution in [0.15, 0.2) is 48.5 Å². The second kappa shape index (κ2) is 8.80. The van der Waals surface area contributed by atoms with Crippen molar-refractivity contribution in [1.82, 2.24) is 4.90 Å². The lowest BCUT2D eigenvalue weighted by molar-refractivity contribution is -0.116. The summed E-state index contributed by atoms with van der Waals surface area (Å²) in [6.45, 7) is 3.23. The Bertz CT molecular complexity index is 796. The Morgan fingerprint density at radius 2 is 1.74 bits per heavy atom. The number of halogens is 1. The zero-order valence-corrected chi connectivity index (χ0v) is 15.6. The van der Waals surface area contributed by atoms with Crippen LogP contribution in [-0.4, -0.2) is 29.8 Å². The molecule has 3 rings (SSSR count). The number of rotatable bonds is 5. The fourth-order valence-corrected chi connectivity index (χ4v) is 3.43. The van der Waals surface area contributed by atoms with E-state index in [1.807, 2.05) is 31.2 Å². The number of amides is 2. The van der Waals surface area contributed by atoms with E-state index in [2.05, 4.69) is 5.32 Å². The predicted octanol–water partition coefficient (Wildman–Crippen LogP) is 4.41. The standard InChI is InChI=1S/C22H25FN2O2/c1-16-6-9-18(10-7-16)24-21(26)11-8-17-12-14-25(15-13-17)22(27)19-4-2-3-5-20(19)23/h2-7,9-10,17H,8,11-15H2,1H3,(H,24,26). The number of nitrogens with zero attached hydrogens (tertiary/aromatic N) is 1. The summed E-state index contributed by atoms with van der Waals surface area (Å²) in [5.74, 6) is -0.289. The molecule has 0 atom stereocenters. The summed E-state index contributed by atoms with van der Waals surface area (Å²) in [5.41, 5.74) is 2.11. The molecule has 2 aromatic rings. The molecule has 0 spiro atoms. The number of aryl methyl sites for hydroxylation is 1. The van der Waals surface area contributed by atoms with Gasteiger partial charge in [0.2, 0.25) is 5.91 Å². The molecule has 0 unspecified atom stereocenters. The topological polar surface area (TPSA) is 49.4 Å². The van der Waals surface area contributed by atoms with Crippen molar-refractivity contribution in [2.75, 3.05) is 18.4 Å². The molecule has 5 heteroatoms. The van der Waals surface area contributed by atoms with Gasteiger partial charge in [-0.15, -0.1) is 0 Å². The van der Waals surface area contributed by atoms with Crippen molar-refractivity contribution < 1.29 is 14.0 Å². The van der Waals surface area contributed by atoms with Gasteiger partial charge in [-0.3, -0.25) is 9.59 Å². The largest absolute Gasteiger partial charge is 0.339 e. The van der Waals surface area contributed by atoms with Gasteiger partial charge in [-0.05, 0) is 56.4 Å². The third-order valence-corrected chi connectivity index (χ3v) is 5.12. The lowest BCUT2D eigenvalue weighted by Crippen LogP contribution is -2.39. The van der Waals surface area contributed by atoms with E-state index in [-0.39, 0.29) is 17.4 Å². The molecule has 27 heavy (non-hydrogen) atoms. The van der Waals surface area contributed by atoms with Crippen LogP contribution >= 0.6 is 0 Å². The molecule has 2 amide bonds. The lowest BCUT2D eigenvalue weighted by atomic mass is 9.91. The van der Waals surface area contributed by atoms with Crippen LogP contribution in [0.1, 0.15) is 41.6 Å². The molecule has 1 saturated heterocycles. The van der Waals surface area contributed by atoms with Gasteiger partial charge in [0, 0.05) is 25.2 Å². The Labute approximate surface area is 159 Å². The van der Waals surface area contributed by atoms with Crippen molar-refractivity contribution in [2.45, 2.75) is 32.6 Å². The predicted molar refractivity (Wildman–Crippen MR) is 104 cm³/mol. The molecule has 0 saturated carbocycles. The van der Waals surface area contributed by atoms with Gasteiger partial charge in [-0.1, -0.05) is 29.8 Å². The van der Waals surface area contributed by atoms with E-state index in [0.717, 1.165) is 30.5 Å². The van der Waals surface area contributed by atoms with Gasteiger partial charge in [0.25, 0.3) is 5.91 Å². The molecule has 142 valence electrons. The van der Waals surface area contributed by atoms with E-state index in [9.17, 15) is 14.0 Å². The van der Waals surface area contributed by atoms with E-state index >= 15 is 0 Å². The third-order valence-electron chi connectivity index (χ3n) is 5.12. The number of nitrogens with one attached hydrogen (secondary N) is 1. The number of likely N-dealkylation sites (tertiary alicyclic amines) is 1. The average Bonchev–Trinajstić information content (AvgIpc) is 2.68. The van der Waals surface area contributed by atoms with Crippen LogP contribution in [0.2, 0.25) is 0 Å². The number of carbonyl (C=O) groups is 2. The van der Waals surface area contributed by atoms with Crippen molar-refractivity contribution in [3.05, 3.63) is 65.5 Å². The fourth-order valence-electron chi connectivity index (χ4n) is 3.43. The van der Waals surface area contributed by atoms with Gasteiger partial charge in [-0.25, -0.2) is 4.39 Å². The second-order valence-corrected chi connectivity index (χ2v) is 7.17. The van der Waals surface area contributed by atoms with Crippen molar-refractivity contribution in [3.8, 4) is 0 Å². The first-order valence-corrected chi connectivity index (χ1v) is 9.43. The zero-order chi connectivity index (χ0) is 19.2. The van der Waals surface area contributed by atoms with Gasteiger partial charge in [0.15, 0.2) is 0 Å². The van der Waals surface area contributed by atoms with Gasteiger partial charge >= 0.3 is 0 Å². The number of hydrogen-bond donors (Lipinski definition) is 1. The molecule has 4 nitrogen and oxygen atoms in total. The van der Waals surface area contributed by atoms with Crippen molar-refractivity contribution in [2.24, 2.45) is 5.92 Å². The van der Waals surface area contributed by atoms with Crippen molar-refractivity contribution in [3.63, 3.8) is 0 Å². The summed E-state index contributed by atoms with van der Waals surface area (Å²) in [4.78, 5) is 26.3. The molecule has 0 aliphatic carbocycles. The summed E-state index contributed by atoms with van der Waals surface area (Å²) >= 11 is 0. The Kier molecular flexibility index (Phi) is 6.22. The van der Waals surface area contributed by atoms with Crippen LogP contribution in [0.25, 0.3) is 0 Å². The summed E-state index contributed by atoms with van der Waals surface area (Å²) in [6, 6.07) is 13.8. The first-order valence-electron chi connectivity index (χ1n) is 9.43. The third kappa shape index (κ3) is 5.16. The molecular formula is C22H25FN2O2. The van der Waals surface area contributed by atoms with E-state index < -0.39 is 5.82 Å². The van der Waals surface area contributed by atoms with Crippen LogP contribution in [0, 0.1) is 18.7 Å². The van der Waals surface area contributed by atoms with E-state index in [1.165, 1.54) is 12.1 Å². The molecule has 2 aromatic carbocycles. The minimum absolute atomic E-state index is 0.0173. The molecule has 1 aliphatic rings. The highest BCUT2D eigenvalue weighted by molar-refractivity contribution is 5.94. The Morgan fingerprint density at radius 3 is 2.41 bits per heavy atom. The number of piperidine rings is 1. The summed E-state index contributed by atoms with van der Waals surface area (Å²) in [5, 5.41) is 2.92. The first-order chi connectivity index (χ1) is 13.0. The summed E-state index contributed by atoms with van der Waals surface area (Å²) < 4.78 is 13.8. The normalized spacial score (nSPS) is 14.8. The molecule has 0 bridgehead atoms. The van der Waals surface area contributed by atoms with Gasteiger partial charge in [-0.2, -0.15) is 0 Å². The Morgan fingerprint density at radius 1 is 1.07 bits per heavy atom. The van der Waals surface area contributed by atoms with Crippen LogP contribution in [0.5, 0.6) is 0 Å². The maximum atomic E-state index is 13.8. The van der Waals surface area contributed by atoms with E-state index in [0.29, 0.717) is 25.4 Å². The monoisotopic (exact) mass is 368 g/mol. The zero-order valence-electron chi connectivity index (χ0n) is 15.6. The SMILES string of the molecule is Cc1ccc(NC(=O)CCC2CCN(C(=O)c3ccccc3F)CC2)cc1. The first kappa shape index (κ1) is 19.1. The van der Waals surface area contributed by atoms with Gasteiger partial charge in [0.05, 0.1) is 5.56 Å². The minimum atomic E-state index is -0.475. The van der Waals surface area contributed by atoms with E-state index in [1.54, 1.807) is 17.0 Å². The van der Waals surface area contributed by atoms with Crippen LogP contribution in [0.4, 0.5) is 10.1 Å². The number of carbonyl (C=O) groups excluding carboxylic acids is 2. The minimum Gasteiger partial charge on any atom is -0.339 e. The molecule has 0 aromatic heterocycles. The number of benzene rings is 2. The van der Waals surface area contributed by atoms with E-state index in [4.69, 9.17) is 0 Å². The van der Waals surface area contributed by atoms with Crippen LogP contribution in [-0.2, 0) is 4.79 Å². The highest BCUT2D eigenvalue weighted by Gasteiger charge is 2.25. The maximum absolute atomic E-state index is 13.8. The summed E-state index contributed by atoms with van der Waals surface area (Å²) in [7, 11) is 0. The maximum Gasteiger partial charge on any atom is 0.256 e. The smallest absolute Gasteiger partial charge is 0.256 e. The Balaban J connectivity index is 1.43. The lowest BCUT2D eigenvalue weighted by Gasteiger charge is -2.32. The van der Waals surface area contributed by atoms with Crippen molar-refractivity contribution >= 4 is 17.5 Å². The highest BCUT2D eigenvalue weighted by Crippen LogP contribution is 2.24. The molecule has 1 heterocycles. The van der Waals surface area contributed by atoms with Crippen LogP contribution < -0.4 is 5.32 Å². The number of hydrogen-bond acceptors (Lipinski definition) is 2. The molecule has 0 radical (unpaired) electrons. The van der Waals surface area contributed by atoms with Crippen LogP contribution in [0.3, 0.4) is 0 Å². The molecular weight excluding hydrogens is 343 g/mol. The van der Waals surface area contributed by atoms with Gasteiger partial charge < -0.3 is 10.2 Å². The highest BCUT2D eigenvalue weighted by atomic mass is 19.1.